The quantitative estimate of drug-likeness (QED) is 0.707. The smallest absolute Gasteiger partial charge is 0.315 e. The number of benzene rings is 1. The van der Waals surface area contributed by atoms with Crippen molar-refractivity contribution in [1.29, 1.82) is 0 Å². The zero-order valence-corrected chi connectivity index (χ0v) is 12.8. The van der Waals surface area contributed by atoms with Crippen molar-refractivity contribution in [3.63, 3.8) is 0 Å². The van der Waals surface area contributed by atoms with E-state index in [0.29, 0.717) is 28.1 Å². The van der Waals surface area contributed by atoms with Gasteiger partial charge in [-0.15, -0.1) is 0 Å². The molecule has 1 heterocycles. The van der Waals surface area contributed by atoms with E-state index >= 15 is 0 Å². The SMILES string of the molecule is CC1=C2C=CC(=Nc3ccc(F)cc3Br)C=C2OC(=O)C1. The average molecular weight is 348 g/mol. The van der Waals surface area contributed by atoms with Crippen molar-refractivity contribution in [2.24, 2.45) is 4.99 Å². The predicted molar refractivity (Wildman–Crippen MR) is 81.8 cm³/mol. The number of fused-ring (bicyclic) bond motifs is 1. The molecule has 0 aromatic heterocycles. The number of hydrogen-bond acceptors (Lipinski definition) is 3. The molecule has 1 aromatic rings. The normalized spacial score (nSPS) is 19.5. The lowest BCUT2D eigenvalue weighted by molar-refractivity contribution is -0.138. The Bertz CT molecular complexity index is 760. The highest BCUT2D eigenvalue weighted by atomic mass is 79.9. The second-order valence-corrected chi connectivity index (χ2v) is 5.67. The fourth-order valence-corrected chi connectivity index (χ4v) is 2.64. The van der Waals surface area contributed by atoms with Gasteiger partial charge in [-0.3, -0.25) is 4.79 Å². The molecule has 1 aromatic carbocycles. The monoisotopic (exact) mass is 347 g/mol. The van der Waals surface area contributed by atoms with Crippen LogP contribution in [0.15, 0.2) is 62.8 Å². The number of carbonyl (C=O) groups excluding carboxylic acids is 1. The number of halogens is 2. The van der Waals surface area contributed by atoms with Crippen molar-refractivity contribution < 1.29 is 13.9 Å². The molecule has 21 heavy (non-hydrogen) atoms. The molecule has 3 nitrogen and oxygen atoms in total. The van der Waals surface area contributed by atoms with Gasteiger partial charge in [0.25, 0.3) is 0 Å². The highest BCUT2D eigenvalue weighted by Gasteiger charge is 2.22. The Hall–Kier alpha value is -2.01. The van der Waals surface area contributed by atoms with Crippen molar-refractivity contribution in [3.8, 4) is 0 Å². The summed E-state index contributed by atoms with van der Waals surface area (Å²) in [6.45, 7) is 1.91. The van der Waals surface area contributed by atoms with Gasteiger partial charge in [0.05, 0.1) is 17.8 Å². The van der Waals surface area contributed by atoms with Crippen LogP contribution in [-0.2, 0) is 9.53 Å². The van der Waals surface area contributed by atoms with E-state index in [1.807, 2.05) is 19.1 Å². The first-order chi connectivity index (χ1) is 10.0. The molecule has 0 amide bonds. The Morgan fingerprint density at radius 2 is 2.14 bits per heavy atom. The molecule has 5 heteroatoms. The zero-order valence-electron chi connectivity index (χ0n) is 11.2. The molecule has 0 bridgehead atoms. The third-order valence-electron chi connectivity index (χ3n) is 3.22. The summed E-state index contributed by atoms with van der Waals surface area (Å²) in [5, 5.41) is 0. The standard InChI is InChI=1S/C16H11BrFNO2/c1-9-6-16(20)21-15-8-11(3-4-12(9)15)19-14-5-2-10(18)7-13(14)17/h2-5,7-8H,6H2,1H3. The first-order valence-corrected chi connectivity index (χ1v) is 7.16. The van der Waals surface area contributed by atoms with Crippen LogP contribution in [0.3, 0.4) is 0 Å². The van der Waals surface area contributed by atoms with Gasteiger partial charge in [0, 0.05) is 16.1 Å². The summed E-state index contributed by atoms with van der Waals surface area (Å²) in [5.41, 5.74) is 3.16. The minimum atomic E-state index is -0.328. The van der Waals surface area contributed by atoms with Gasteiger partial charge in [0.1, 0.15) is 11.6 Å². The molecule has 0 unspecified atom stereocenters. The number of ether oxygens (including phenoxy) is 1. The highest BCUT2D eigenvalue weighted by molar-refractivity contribution is 9.10. The molecule has 3 rings (SSSR count). The van der Waals surface area contributed by atoms with E-state index in [1.165, 1.54) is 12.1 Å². The van der Waals surface area contributed by atoms with E-state index in [2.05, 4.69) is 20.9 Å². The van der Waals surface area contributed by atoms with Crippen LogP contribution in [0.1, 0.15) is 13.3 Å². The number of nitrogens with zero attached hydrogens (tertiary/aromatic N) is 1. The fourth-order valence-electron chi connectivity index (χ4n) is 2.20. The molecule has 0 fully saturated rings. The summed E-state index contributed by atoms with van der Waals surface area (Å²) < 4.78 is 18.9. The molecule has 2 aliphatic rings. The lowest BCUT2D eigenvalue weighted by Crippen LogP contribution is -2.16. The number of rotatable bonds is 1. The van der Waals surface area contributed by atoms with Crippen LogP contribution in [0.2, 0.25) is 0 Å². The van der Waals surface area contributed by atoms with E-state index in [-0.39, 0.29) is 11.8 Å². The van der Waals surface area contributed by atoms with Crippen LogP contribution >= 0.6 is 15.9 Å². The number of hydrogen-bond donors (Lipinski definition) is 0. The zero-order chi connectivity index (χ0) is 15.0. The maximum atomic E-state index is 13.1. The number of carbonyl (C=O) groups is 1. The predicted octanol–water partition coefficient (Wildman–Crippen LogP) is 4.38. The Labute approximate surface area is 129 Å². The molecular weight excluding hydrogens is 337 g/mol. The molecular formula is C16H11BrFNO2. The molecule has 1 aliphatic heterocycles. The second kappa shape index (κ2) is 5.41. The summed E-state index contributed by atoms with van der Waals surface area (Å²) in [5.74, 6) is -0.0752. The summed E-state index contributed by atoms with van der Waals surface area (Å²) in [7, 11) is 0. The minimum Gasteiger partial charge on any atom is -0.426 e. The molecule has 0 atom stereocenters. The molecule has 0 saturated carbocycles. The van der Waals surface area contributed by atoms with Gasteiger partial charge in [-0.2, -0.15) is 0 Å². The molecule has 0 spiro atoms. The van der Waals surface area contributed by atoms with Crippen LogP contribution in [-0.4, -0.2) is 11.7 Å². The Morgan fingerprint density at radius 3 is 2.90 bits per heavy atom. The van der Waals surface area contributed by atoms with Crippen LogP contribution < -0.4 is 0 Å². The lowest BCUT2D eigenvalue weighted by atomic mass is 9.97. The molecule has 0 N–H and O–H groups in total. The van der Waals surface area contributed by atoms with Gasteiger partial charge in [0.2, 0.25) is 0 Å². The maximum absolute atomic E-state index is 13.1. The summed E-state index contributed by atoms with van der Waals surface area (Å²) >= 11 is 3.28. The van der Waals surface area contributed by atoms with E-state index < -0.39 is 0 Å². The largest absolute Gasteiger partial charge is 0.426 e. The van der Waals surface area contributed by atoms with Crippen molar-refractivity contribution in [2.75, 3.05) is 0 Å². The van der Waals surface area contributed by atoms with Gasteiger partial charge in [-0.1, -0.05) is 5.57 Å². The van der Waals surface area contributed by atoms with Crippen LogP contribution in [0, 0.1) is 5.82 Å². The van der Waals surface area contributed by atoms with Gasteiger partial charge in [0.15, 0.2) is 0 Å². The third kappa shape index (κ3) is 2.88. The molecule has 0 radical (unpaired) electrons. The number of allylic oxidation sites excluding steroid dienone is 3. The number of aliphatic imine (C=N–C) groups is 1. The first-order valence-electron chi connectivity index (χ1n) is 6.37. The molecule has 0 saturated heterocycles. The van der Waals surface area contributed by atoms with Crippen molar-refractivity contribution in [3.05, 3.63) is 63.6 Å². The van der Waals surface area contributed by atoms with Crippen molar-refractivity contribution in [2.45, 2.75) is 13.3 Å². The first kappa shape index (κ1) is 13.9. The summed E-state index contributed by atoms with van der Waals surface area (Å²) in [4.78, 5) is 15.9. The Morgan fingerprint density at radius 1 is 1.33 bits per heavy atom. The van der Waals surface area contributed by atoms with Crippen molar-refractivity contribution >= 4 is 33.3 Å². The van der Waals surface area contributed by atoms with E-state index in [1.54, 1.807) is 12.1 Å². The van der Waals surface area contributed by atoms with Crippen LogP contribution in [0.5, 0.6) is 0 Å². The van der Waals surface area contributed by atoms with Gasteiger partial charge in [-0.05, 0) is 53.2 Å². The van der Waals surface area contributed by atoms with Gasteiger partial charge >= 0.3 is 5.97 Å². The molecule has 1 aliphatic carbocycles. The van der Waals surface area contributed by atoms with E-state index in [4.69, 9.17) is 4.74 Å². The number of esters is 1. The highest BCUT2D eigenvalue weighted by Crippen LogP contribution is 2.31. The topological polar surface area (TPSA) is 38.7 Å². The van der Waals surface area contributed by atoms with Gasteiger partial charge < -0.3 is 4.74 Å². The Kier molecular flexibility index (Phi) is 3.59. The van der Waals surface area contributed by atoms with Gasteiger partial charge in [-0.25, -0.2) is 9.38 Å². The Balaban J connectivity index is 1.99. The van der Waals surface area contributed by atoms with E-state index in [9.17, 15) is 9.18 Å². The summed E-state index contributed by atoms with van der Waals surface area (Å²) in [6.07, 6.45) is 5.75. The van der Waals surface area contributed by atoms with E-state index in [0.717, 1.165) is 11.1 Å². The average Bonchev–Trinajstić information content (AvgIpc) is 2.41. The second-order valence-electron chi connectivity index (χ2n) is 4.82. The maximum Gasteiger partial charge on any atom is 0.315 e. The van der Waals surface area contributed by atoms with Crippen LogP contribution in [0.4, 0.5) is 10.1 Å². The fraction of sp³-hybridized carbons (Fsp3) is 0.125. The third-order valence-corrected chi connectivity index (χ3v) is 3.85. The summed E-state index contributed by atoms with van der Waals surface area (Å²) in [6, 6.07) is 4.29. The lowest BCUT2D eigenvalue weighted by Gasteiger charge is -2.20. The molecule has 106 valence electrons. The van der Waals surface area contributed by atoms with Crippen LogP contribution in [0.25, 0.3) is 0 Å². The van der Waals surface area contributed by atoms with Crippen molar-refractivity contribution in [1.82, 2.24) is 0 Å². The minimum absolute atomic E-state index is 0.264.